The van der Waals surface area contributed by atoms with E-state index in [1.165, 1.54) is 5.56 Å². The minimum atomic E-state index is 0.842. The highest BCUT2D eigenvalue weighted by Crippen LogP contribution is 2.20. The fourth-order valence-corrected chi connectivity index (χ4v) is 2.20. The topological polar surface area (TPSA) is 55.1 Å². The van der Waals surface area contributed by atoms with Crippen LogP contribution in [0.5, 0.6) is 0 Å². The molecule has 3 heterocycles. The van der Waals surface area contributed by atoms with Crippen LogP contribution in [0.2, 0.25) is 0 Å². The molecule has 1 N–H and O–H groups in total. The number of aliphatic imine (C=N–C) groups is 1. The van der Waals surface area contributed by atoms with Crippen LogP contribution in [0.15, 0.2) is 17.4 Å². The van der Waals surface area contributed by atoms with Gasteiger partial charge in [-0.3, -0.25) is 4.99 Å². The van der Waals surface area contributed by atoms with Crippen molar-refractivity contribution in [3.8, 4) is 0 Å². The lowest BCUT2D eigenvalue weighted by Crippen LogP contribution is -2.20. The maximum absolute atomic E-state index is 4.50. The minimum absolute atomic E-state index is 0.842. The van der Waals surface area contributed by atoms with E-state index in [0.29, 0.717) is 0 Å². The van der Waals surface area contributed by atoms with Crippen molar-refractivity contribution >= 4 is 16.9 Å². The van der Waals surface area contributed by atoms with Crippen LogP contribution in [0.3, 0.4) is 0 Å². The van der Waals surface area contributed by atoms with Crippen LogP contribution in [0.4, 0.5) is 0 Å². The Balaban J connectivity index is 2.19. The lowest BCUT2D eigenvalue weighted by atomic mass is 10.1. The predicted octanol–water partition coefficient (Wildman–Crippen LogP) is 1.11. The molecule has 17 heavy (non-hydrogen) atoms. The highest BCUT2D eigenvalue weighted by molar-refractivity contribution is 6.03. The average molecular weight is 229 g/mol. The van der Waals surface area contributed by atoms with Gasteiger partial charge >= 0.3 is 0 Å². The predicted molar refractivity (Wildman–Crippen MR) is 67.3 cm³/mol. The van der Waals surface area contributed by atoms with Crippen molar-refractivity contribution in [2.45, 2.75) is 20.4 Å². The van der Waals surface area contributed by atoms with E-state index >= 15 is 0 Å². The summed E-state index contributed by atoms with van der Waals surface area (Å²) in [5.74, 6) is 0.959. The number of fused-ring (bicyclic) bond motifs is 1. The summed E-state index contributed by atoms with van der Waals surface area (Å²) in [7, 11) is 0. The molecule has 0 amide bonds. The Bertz CT molecular complexity index is 596. The van der Waals surface area contributed by atoms with Crippen LogP contribution in [-0.4, -0.2) is 33.7 Å². The van der Waals surface area contributed by atoms with Gasteiger partial charge in [0.15, 0.2) is 5.65 Å². The molecule has 0 saturated heterocycles. The maximum Gasteiger partial charge on any atom is 0.157 e. The van der Waals surface area contributed by atoms with Gasteiger partial charge in [0, 0.05) is 30.2 Å². The molecule has 5 nitrogen and oxygen atoms in total. The van der Waals surface area contributed by atoms with Gasteiger partial charge in [-0.2, -0.15) is 5.10 Å². The van der Waals surface area contributed by atoms with Crippen LogP contribution in [0.25, 0.3) is 11.0 Å². The van der Waals surface area contributed by atoms with E-state index in [0.717, 1.165) is 42.1 Å². The van der Waals surface area contributed by atoms with Gasteiger partial charge < -0.3 is 5.32 Å². The van der Waals surface area contributed by atoms with E-state index in [9.17, 15) is 0 Å². The third-order valence-electron chi connectivity index (χ3n) is 3.16. The second-order valence-electron chi connectivity index (χ2n) is 4.15. The van der Waals surface area contributed by atoms with Crippen LogP contribution in [0.1, 0.15) is 18.1 Å². The van der Waals surface area contributed by atoms with Crippen LogP contribution >= 0.6 is 0 Å². The number of hydrogen-bond donors (Lipinski definition) is 1. The normalized spacial score (nSPS) is 15.1. The van der Waals surface area contributed by atoms with Gasteiger partial charge in [0.2, 0.25) is 0 Å². The fourth-order valence-electron chi connectivity index (χ4n) is 2.20. The van der Waals surface area contributed by atoms with Crippen LogP contribution in [-0.2, 0) is 6.54 Å². The first-order valence-corrected chi connectivity index (χ1v) is 5.91. The van der Waals surface area contributed by atoms with Gasteiger partial charge in [0.25, 0.3) is 0 Å². The monoisotopic (exact) mass is 229 g/mol. The number of pyridine rings is 1. The molecule has 3 rings (SSSR count). The van der Waals surface area contributed by atoms with Gasteiger partial charge in [-0.1, -0.05) is 0 Å². The molecular weight excluding hydrogens is 214 g/mol. The van der Waals surface area contributed by atoms with Crippen molar-refractivity contribution in [2.24, 2.45) is 4.99 Å². The largest absolute Gasteiger partial charge is 0.368 e. The van der Waals surface area contributed by atoms with Gasteiger partial charge in [0.05, 0.1) is 12.7 Å². The fraction of sp³-hybridized carbons (Fsp3) is 0.417. The van der Waals surface area contributed by atoms with Crippen molar-refractivity contribution in [2.75, 3.05) is 13.1 Å². The Morgan fingerprint density at radius 3 is 3.00 bits per heavy atom. The van der Waals surface area contributed by atoms with E-state index in [-0.39, 0.29) is 0 Å². The summed E-state index contributed by atoms with van der Waals surface area (Å²) in [6, 6.07) is 0. The van der Waals surface area contributed by atoms with E-state index in [1.54, 1.807) is 0 Å². The Hall–Kier alpha value is -1.91. The molecule has 1 aliphatic heterocycles. The zero-order chi connectivity index (χ0) is 11.8. The molecule has 0 unspecified atom stereocenters. The highest BCUT2D eigenvalue weighted by atomic mass is 15.3. The quantitative estimate of drug-likeness (QED) is 0.839. The van der Waals surface area contributed by atoms with Crippen molar-refractivity contribution < 1.29 is 0 Å². The minimum Gasteiger partial charge on any atom is -0.368 e. The van der Waals surface area contributed by atoms with E-state index in [2.05, 4.69) is 34.2 Å². The molecule has 88 valence electrons. The molecule has 5 heteroatoms. The number of aromatic nitrogens is 3. The molecule has 2 aromatic rings. The highest BCUT2D eigenvalue weighted by Gasteiger charge is 2.15. The molecule has 2 aromatic heterocycles. The first-order chi connectivity index (χ1) is 8.31. The number of amidine groups is 1. The molecular formula is C12H15N5. The van der Waals surface area contributed by atoms with Gasteiger partial charge in [-0.25, -0.2) is 9.67 Å². The SMILES string of the molecule is CCn1ncc2c(C)c(C3=NCCN3)cnc21. The van der Waals surface area contributed by atoms with Gasteiger partial charge in [-0.15, -0.1) is 0 Å². The maximum atomic E-state index is 4.50. The molecule has 0 fully saturated rings. The molecule has 1 aliphatic rings. The first-order valence-electron chi connectivity index (χ1n) is 5.91. The molecule has 0 spiro atoms. The van der Waals surface area contributed by atoms with Gasteiger partial charge in [-0.05, 0) is 19.4 Å². The van der Waals surface area contributed by atoms with Gasteiger partial charge in [0.1, 0.15) is 5.84 Å². The zero-order valence-corrected chi connectivity index (χ0v) is 10.1. The summed E-state index contributed by atoms with van der Waals surface area (Å²) < 4.78 is 1.91. The average Bonchev–Trinajstić information content (AvgIpc) is 2.97. The second-order valence-corrected chi connectivity index (χ2v) is 4.15. The molecule has 0 bridgehead atoms. The van der Waals surface area contributed by atoms with Crippen molar-refractivity contribution in [1.82, 2.24) is 20.1 Å². The number of nitrogens with zero attached hydrogens (tertiary/aromatic N) is 4. The van der Waals surface area contributed by atoms with Crippen LogP contribution in [0, 0.1) is 6.92 Å². The van der Waals surface area contributed by atoms with Crippen molar-refractivity contribution in [3.05, 3.63) is 23.5 Å². The summed E-state index contributed by atoms with van der Waals surface area (Å²) in [5.41, 5.74) is 3.24. The second kappa shape index (κ2) is 3.84. The summed E-state index contributed by atoms with van der Waals surface area (Å²) in [6.45, 7) is 6.78. The molecule has 0 saturated carbocycles. The third-order valence-corrected chi connectivity index (χ3v) is 3.16. The summed E-state index contributed by atoms with van der Waals surface area (Å²) in [4.78, 5) is 8.94. The standard InChI is InChI=1S/C12H15N5/c1-3-17-12-10(7-16-17)8(2)9(6-15-12)11-13-4-5-14-11/h6-7H,3-5H2,1-2H3,(H,13,14). The molecule has 0 radical (unpaired) electrons. The zero-order valence-electron chi connectivity index (χ0n) is 10.1. The van der Waals surface area contributed by atoms with E-state index in [4.69, 9.17) is 0 Å². The Morgan fingerprint density at radius 1 is 1.41 bits per heavy atom. The number of hydrogen-bond acceptors (Lipinski definition) is 4. The number of rotatable bonds is 2. The summed E-state index contributed by atoms with van der Waals surface area (Å²) in [5, 5.41) is 8.73. The molecule has 0 aliphatic carbocycles. The molecule has 0 atom stereocenters. The Labute approximate surface area is 99.6 Å². The first kappa shape index (κ1) is 10.3. The molecule has 0 aromatic carbocycles. The van der Waals surface area contributed by atoms with Crippen molar-refractivity contribution in [3.63, 3.8) is 0 Å². The Morgan fingerprint density at radius 2 is 2.29 bits per heavy atom. The Kier molecular flexibility index (Phi) is 2.31. The van der Waals surface area contributed by atoms with E-state index in [1.807, 2.05) is 17.1 Å². The van der Waals surface area contributed by atoms with Crippen LogP contribution < -0.4 is 5.32 Å². The third kappa shape index (κ3) is 1.50. The van der Waals surface area contributed by atoms with E-state index < -0.39 is 0 Å². The summed E-state index contributed by atoms with van der Waals surface area (Å²) in [6.07, 6.45) is 3.78. The smallest absolute Gasteiger partial charge is 0.157 e. The lowest BCUT2D eigenvalue weighted by molar-refractivity contribution is 0.677. The lowest BCUT2D eigenvalue weighted by Gasteiger charge is -2.07. The number of aryl methyl sites for hydroxylation is 2. The van der Waals surface area contributed by atoms with Crippen molar-refractivity contribution in [1.29, 1.82) is 0 Å². The number of nitrogens with one attached hydrogen (secondary N) is 1. The summed E-state index contributed by atoms with van der Waals surface area (Å²) >= 11 is 0.